The lowest BCUT2D eigenvalue weighted by Gasteiger charge is -2.15. The highest BCUT2D eigenvalue weighted by atomic mass is 32.2. The molecule has 0 aliphatic carbocycles. The first-order chi connectivity index (χ1) is 11.8. The predicted molar refractivity (Wildman–Crippen MR) is 77.1 cm³/mol. The Morgan fingerprint density at radius 3 is 2.04 bits per heavy atom. The summed E-state index contributed by atoms with van der Waals surface area (Å²) in [6, 6.07) is -0.0233. The Bertz CT molecular complexity index is 755. The molecular weight excluding hydrogens is 392 g/mol. The number of sulfone groups is 1. The van der Waals surface area contributed by atoms with Crippen molar-refractivity contribution in [2.75, 3.05) is 18.1 Å². The topological polar surface area (TPSA) is 72.5 Å². The van der Waals surface area contributed by atoms with E-state index in [1.807, 2.05) is 0 Å². The molecule has 0 unspecified atom stereocenters. The lowest BCUT2D eigenvalue weighted by atomic mass is 10.1. The summed E-state index contributed by atoms with van der Waals surface area (Å²) < 4.78 is 104. The minimum atomic E-state index is -5.03. The second-order valence-electron chi connectivity index (χ2n) is 5.70. The minimum Gasteiger partial charge on any atom is -0.484 e. The summed E-state index contributed by atoms with van der Waals surface area (Å²) in [6.45, 7) is -0.852. The van der Waals surface area contributed by atoms with E-state index in [2.05, 4.69) is 5.32 Å². The van der Waals surface area contributed by atoms with Crippen molar-refractivity contribution < 1.29 is 44.3 Å². The SMILES string of the molecule is O=C(COc1cc(C(F)(F)F)cc(C(F)(F)F)c1)N[C@@H]1CCS(=O)(=O)C1. The molecule has 1 fully saturated rings. The number of hydrogen-bond donors (Lipinski definition) is 1. The van der Waals surface area contributed by atoms with Gasteiger partial charge >= 0.3 is 12.4 Å². The van der Waals surface area contributed by atoms with Crippen molar-refractivity contribution in [1.82, 2.24) is 5.32 Å². The molecule has 1 heterocycles. The number of carbonyl (C=O) groups is 1. The van der Waals surface area contributed by atoms with E-state index in [4.69, 9.17) is 4.74 Å². The predicted octanol–water partition coefficient (Wildman–Crippen LogP) is 2.41. The molecule has 1 aliphatic heterocycles. The van der Waals surface area contributed by atoms with Crippen molar-refractivity contribution in [3.05, 3.63) is 29.3 Å². The lowest BCUT2D eigenvalue weighted by Crippen LogP contribution is -2.38. The Kier molecular flexibility index (Phi) is 5.45. The van der Waals surface area contributed by atoms with Gasteiger partial charge in [0.25, 0.3) is 5.91 Å². The van der Waals surface area contributed by atoms with Crippen molar-refractivity contribution in [1.29, 1.82) is 0 Å². The van der Waals surface area contributed by atoms with Crippen LogP contribution in [-0.4, -0.2) is 38.5 Å². The van der Waals surface area contributed by atoms with Gasteiger partial charge in [-0.3, -0.25) is 4.79 Å². The van der Waals surface area contributed by atoms with Crippen LogP contribution in [0.25, 0.3) is 0 Å². The maximum Gasteiger partial charge on any atom is 0.416 e. The maximum atomic E-state index is 12.7. The van der Waals surface area contributed by atoms with Gasteiger partial charge in [0, 0.05) is 6.04 Å². The van der Waals surface area contributed by atoms with E-state index in [1.165, 1.54) is 0 Å². The second kappa shape index (κ2) is 6.97. The molecule has 0 bridgehead atoms. The fourth-order valence-corrected chi connectivity index (χ4v) is 4.01. The smallest absolute Gasteiger partial charge is 0.416 e. The Balaban J connectivity index is 2.07. The first-order valence-corrected chi connectivity index (χ1v) is 9.00. The largest absolute Gasteiger partial charge is 0.484 e. The zero-order valence-electron chi connectivity index (χ0n) is 12.9. The van der Waals surface area contributed by atoms with E-state index in [0.717, 1.165) is 0 Å². The average molecular weight is 405 g/mol. The van der Waals surface area contributed by atoms with Gasteiger partial charge in [-0.05, 0) is 24.6 Å². The highest BCUT2D eigenvalue weighted by molar-refractivity contribution is 7.91. The Labute approximate surface area is 144 Å². The monoisotopic (exact) mass is 405 g/mol. The normalized spacial score (nSPS) is 20.0. The number of hydrogen-bond acceptors (Lipinski definition) is 4. The summed E-state index contributed by atoms with van der Waals surface area (Å²) in [4.78, 5) is 11.7. The number of benzene rings is 1. The zero-order valence-corrected chi connectivity index (χ0v) is 13.8. The molecule has 0 spiro atoms. The van der Waals surface area contributed by atoms with E-state index in [9.17, 15) is 39.6 Å². The van der Waals surface area contributed by atoms with Gasteiger partial charge in [-0.15, -0.1) is 0 Å². The van der Waals surface area contributed by atoms with Crippen LogP contribution in [0.2, 0.25) is 0 Å². The number of amides is 1. The number of alkyl halides is 6. The van der Waals surface area contributed by atoms with Crippen LogP contribution in [-0.2, 0) is 27.0 Å². The van der Waals surface area contributed by atoms with Crippen LogP contribution in [0.5, 0.6) is 5.75 Å². The van der Waals surface area contributed by atoms with E-state index in [0.29, 0.717) is 12.1 Å². The quantitative estimate of drug-likeness (QED) is 0.781. The van der Waals surface area contributed by atoms with E-state index < -0.39 is 57.6 Å². The number of ether oxygens (including phenoxy) is 1. The van der Waals surface area contributed by atoms with Crippen LogP contribution in [0.1, 0.15) is 17.5 Å². The van der Waals surface area contributed by atoms with Crippen LogP contribution >= 0.6 is 0 Å². The molecule has 1 atom stereocenters. The first-order valence-electron chi connectivity index (χ1n) is 7.18. The number of nitrogens with one attached hydrogen (secondary N) is 1. The van der Waals surface area contributed by atoms with Crippen LogP contribution in [0.15, 0.2) is 18.2 Å². The van der Waals surface area contributed by atoms with Crippen molar-refractivity contribution >= 4 is 15.7 Å². The fraction of sp³-hybridized carbons (Fsp3) is 0.500. The van der Waals surface area contributed by atoms with Crippen molar-refractivity contribution in [3.8, 4) is 5.75 Å². The number of halogens is 6. The Hall–Kier alpha value is -1.98. The number of carbonyl (C=O) groups excluding carboxylic acids is 1. The van der Waals surface area contributed by atoms with E-state index in [-0.39, 0.29) is 24.0 Å². The highest BCUT2D eigenvalue weighted by Crippen LogP contribution is 2.38. The summed E-state index contributed by atoms with van der Waals surface area (Å²) in [7, 11) is -3.26. The molecule has 26 heavy (non-hydrogen) atoms. The van der Waals surface area contributed by atoms with Gasteiger partial charge in [0.1, 0.15) is 5.75 Å². The third kappa shape index (κ3) is 5.51. The van der Waals surface area contributed by atoms with Gasteiger partial charge in [0.2, 0.25) is 0 Å². The standard InChI is InChI=1S/C14H13F6NO4S/c15-13(16,17)8-3-9(14(18,19)20)5-11(4-8)25-6-12(22)21-10-1-2-26(23,24)7-10/h3-5,10H,1-2,6-7H2,(H,21,22)/t10-/m1/s1. The third-order valence-corrected chi connectivity index (χ3v) is 5.30. The summed E-state index contributed by atoms with van der Waals surface area (Å²) in [5.74, 6) is -2.01. The molecule has 1 amide bonds. The molecule has 2 rings (SSSR count). The zero-order chi connectivity index (χ0) is 19.8. The summed E-state index contributed by atoms with van der Waals surface area (Å²) in [6.07, 6.45) is -9.88. The summed E-state index contributed by atoms with van der Waals surface area (Å²) in [5.41, 5.74) is -3.13. The molecule has 1 aromatic rings. The van der Waals surface area contributed by atoms with Gasteiger partial charge < -0.3 is 10.1 Å². The highest BCUT2D eigenvalue weighted by Gasteiger charge is 2.37. The molecule has 1 saturated heterocycles. The molecule has 0 aromatic heterocycles. The molecule has 146 valence electrons. The molecule has 1 aliphatic rings. The Morgan fingerprint density at radius 1 is 1.08 bits per heavy atom. The van der Waals surface area contributed by atoms with Crippen LogP contribution < -0.4 is 10.1 Å². The maximum absolute atomic E-state index is 12.7. The third-order valence-electron chi connectivity index (χ3n) is 3.53. The van der Waals surface area contributed by atoms with E-state index in [1.54, 1.807) is 0 Å². The molecule has 0 saturated carbocycles. The summed E-state index contributed by atoms with van der Waals surface area (Å²) in [5, 5.41) is 2.31. The molecule has 12 heteroatoms. The van der Waals surface area contributed by atoms with E-state index >= 15 is 0 Å². The molecule has 1 aromatic carbocycles. The van der Waals surface area contributed by atoms with Crippen LogP contribution in [0.3, 0.4) is 0 Å². The minimum absolute atomic E-state index is 0.0592. The molecular formula is C14H13F6NO4S. The van der Waals surface area contributed by atoms with Crippen LogP contribution in [0.4, 0.5) is 26.3 Å². The molecule has 1 N–H and O–H groups in total. The van der Waals surface area contributed by atoms with Gasteiger partial charge in [0.15, 0.2) is 16.4 Å². The average Bonchev–Trinajstić information content (AvgIpc) is 2.82. The van der Waals surface area contributed by atoms with Crippen molar-refractivity contribution in [2.24, 2.45) is 0 Å². The second-order valence-corrected chi connectivity index (χ2v) is 7.93. The van der Waals surface area contributed by atoms with Crippen LogP contribution in [0, 0.1) is 0 Å². The van der Waals surface area contributed by atoms with Crippen molar-refractivity contribution in [2.45, 2.75) is 24.8 Å². The number of rotatable bonds is 4. The van der Waals surface area contributed by atoms with Crippen molar-refractivity contribution in [3.63, 3.8) is 0 Å². The van der Waals surface area contributed by atoms with Gasteiger partial charge in [-0.2, -0.15) is 26.3 Å². The molecule has 0 radical (unpaired) electrons. The van der Waals surface area contributed by atoms with Gasteiger partial charge in [-0.25, -0.2) is 8.42 Å². The van der Waals surface area contributed by atoms with Gasteiger partial charge in [0.05, 0.1) is 22.6 Å². The lowest BCUT2D eigenvalue weighted by molar-refractivity contribution is -0.143. The fourth-order valence-electron chi connectivity index (χ4n) is 2.34. The molecule has 5 nitrogen and oxygen atoms in total. The van der Waals surface area contributed by atoms with Gasteiger partial charge in [-0.1, -0.05) is 0 Å². The first kappa shape index (κ1) is 20.3. The Morgan fingerprint density at radius 2 is 1.62 bits per heavy atom. The summed E-state index contributed by atoms with van der Waals surface area (Å²) >= 11 is 0.